The van der Waals surface area contributed by atoms with Crippen LogP contribution in [0, 0.1) is 0 Å². The molecule has 0 fully saturated rings. The van der Waals surface area contributed by atoms with Gasteiger partial charge in [-0.3, -0.25) is 9.59 Å². The third-order valence-corrected chi connectivity index (χ3v) is 2.81. The zero-order chi connectivity index (χ0) is 13.9. The lowest BCUT2D eigenvalue weighted by molar-refractivity contribution is -0.121. The first-order chi connectivity index (χ1) is 8.43. The van der Waals surface area contributed by atoms with Gasteiger partial charge in [-0.15, -0.1) is 0 Å². The molecule has 1 aliphatic carbocycles. The van der Waals surface area contributed by atoms with E-state index in [4.69, 9.17) is 9.47 Å². The van der Waals surface area contributed by atoms with E-state index in [-0.39, 0.29) is 67.6 Å². The van der Waals surface area contributed by atoms with Crippen molar-refractivity contribution in [1.29, 1.82) is 0 Å². The highest BCUT2D eigenvalue weighted by molar-refractivity contribution is 6.23. The molecule has 0 aromatic rings. The predicted molar refractivity (Wildman–Crippen MR) is 108 cm³/mol. The smallest absolute Gasteiger partial charge is 0.228 e. The number of hydrogen-bond acceptors (Lipinski definition) is 4. The van der Waals surface area contributed by atoms with Gasteiger partial charge >= 0.3 is 0 Å². The van der Waals surface area contributed by atoms with E-state index in [0.717, 1.165) is 5.57 Å². The van der Waals surface area contributed by atoms with Crippen molar-refractivity contribution < 1.29 is 19.1 Å². The summed E-state index contributed by atoms with van der Waals surface area (Å²) < 4.78 is 9.95. The molecule has 0 radical (unpaired) electrons. The average Bonchev–Trinajstić information content (AvgIpc) is 2.32. The highest BCUT2D eigenvalue weighted by Crippen LogP contribution is 2.27. The second kappa shape index (κ2) is 16.0. The normalized spacial score (nSPS) is 12.0. The SMILES string of the molecule is C.C.C.C.C.C.COC1=C(OC)C(=O)C(CC=C(C)C)=C(C)C1=O. The van der Waals surface area contributed by atoms with Crippen molar-refractivity contribution >= 4 is 11.6 Å². The maximum absolute atomic E-state index is 12.2. The van der Waals surface area contributed by atoms with Gasteiger partial charge in [-0.2, -0.15) is 0 Å². The molecule has 4 heteroatoms. The van der Waals surface area contributed by atoms with E-state index in [2.05, 4.69) is 0 Å². The Morgan fingerprint density at radius 3 is 1.54 bits per heavy atom. The quantitative estimate of drug-likeness (QED) is 0.453. The van der Waals surface area contributed by atoms with Gasteiger partial charge in [0.15, 0.2) is 0 Å². The van der Waals surface area contributed by atoms with Gasteiger partial charge in [-0.25, -0.2) is 0 Å². The van der Waals surface area contributed by atoms with E-state index >= 15 is 0 Å². The first kappa shape index (κ1) is 38.0. The first-order valence-electron chi connectivity index (χ1n) is 5.68. The Bertz CT molecular complexity index is 476. The van der Waals surface area contributed by atoms with Gasteiger partial charge < -0.3 is 9.47 Å². The maximum Gasteiger partial charge on any atom is 0.228 e. The Morgan fingerprint density at radius 2 is 1.21 bits per heavy atom. The Balaban J connectivity index is -0.000000135. The summed E-state index contributed by atoms with van der Waals surface area (Å²) in [5.41, 5.74) is 1.99. The number of carbonyl (C=O) groups excluding carboxylic acids is 2. The highest BCUT2D eigenvalue weighted by Gasteiger charge is 2.33. The number of carbonyl (C=O) groups is 2. The van der Waals surface area contributed by atoms with E-state index < -0.39 is 0 Å². The summed E-state index contributed by atoms with van der Waals surface area (Å²) in [5, 5.41) is 0. The minimum Gasteiger partial charge on any atom is -0.489 e. The monoisotopic (exact) mass is 346 g/mol. The highest BCUT2D eigenvalue weighted by atomic mass is 16.5. The van der Waals surface area contributed by atoms with Crippen LogP contribution in [0.5, 0.6) is 0 Å². The van der Waals surface area contributed by atoms with Crippen LogP contribution in [0.25, 0.3) is 0 Å². The van der Waals surface area contributed by atoms with Crippen molar-refractivity contribution in [1.82, 2.24) is 0 Å². The molecule has 146 valence electrons. The number of methoxy groups -OCH3 is 2. The third kappa shape index (κ3) is 7.62. The summed E-state index contributed by atoms with van der Waals surface area (Å²) >= 11 is 0. The molecule has 1 rings (SSSR count). The number of ketones is 2. The molecule has 1 aliphatic rings. The predicted octanol–water partition coefficient (Wildman–Crippen LogP) is 6.13. The summed E-state index contributed by atoms with van der Waals surface area (Å²) in [6.07, 6.45) is 2.34. The Morgan fingerprint density at radius 1 is 0.833 bits per heavy atom. The minimum atomic E-state index is -0.286. The summed E-state index contributed by atoms with van der Waals surface area (Å²) in [6, 6.07) is 0. The van der Waals surface area contributed by atoms with Crippen molar-refractivity contribution in [2.45, 2.75) is 71.8 Å². The van der Waals surface area contributed by atoms with E-state index in [1.807, 2.05) is 19.9 Å². The summed E-state index contributed by atoms with van der Waals surface area (Å²) in [6.45, 7) is 5.53. The molecule has 0 saturated carbocycles. The van der Waals surface area contributed by atoms with Crippen LogP contribution in [-0.4, -0.2) is 25.8 Å². The molecule has 24 heavy (non-hydrogen) atoms. The van der Waals surface area contributed by atoms with Crippen LogP contribution in [0.15, 0.2) is 34.3 Å². The molecule has 0 bridgehead atoms. The van der Waals surface area contributed by atoms with Crippen LogP contribution in [-0.2, 0) is 19.1 Å². The Hall–Kier alpha value is -1.84. The summed E-state index contributed by atoms with van der Waals surface area (Å²) in [4.78, 5) is 24.2. The van der Waals surface area contributed by atoms with E-state index in [9.17, 15) is 9.59 Å². The van der Waals surface area contributed by atoms with E-state index in [1.165, 1.54) is 14.2 Å². The molecule has 0 saturated heterocycles. The minimum absolute atomic E-state index is 0. The average molecular weight is 347 g/mol. The second-order valence-electron chi connectivity index (χ2n) is 4.31. The molecule has 0 aromatic carbocycles. The van der Waals surface area contributed by atoms with Gasteiger partial charge in [-0.1, -0.05) is 56.2 Å². The molecular weight excluding hydrogens is 304 g/mol. The molecule has 0 aromatic heterocycles. The molecule has 0 heterocycles. The fraction of sp³-hybridized carbons (Fsp3) is 0.600. The molecule has 0 spiro atoms. The lowest BCUT2D eigenvalue weighted by Gasteiger charge is -2.19. The third-order valence-electron chi connectivity index (χ3n) is 2.81. The summed E-state index contributed by atoms with van der Waals surface area (Å²) in [7, 11) is 2.71. The standard InChI is InChI=1S/C14H18O4.6CH4/c1-8(2)6-7-10-9(3)11(15)13(17-4)14(18-5)12(10)16;;;;;;/h6H,7H2,1-5H3;6*1H4. The zero-order valence-electron chi connectivity index (χ0n) is 11.4. The lowest BCUT2D eigenvalue weighted by Crippen LogP contribution is -2.24. The second-order valence-corrected chi connectivity index (χ2v) is 4.31. The van der Waals surface area contributed by atoms with Crippen molar-refractivity contribution in [3.8, 4) is 0 Å². The topological polar surface area (TPSA) is 52.6 Å². The van der Waals surface area contributed by atoms with E-state index in [0.29, 0.717) is 17.6 Å². The number of rotatable bonds is 4. The Kier molecular flexibility index (Phi) is 25.4. The number of allylic oxidation sites excluding steroid dienone is 4. The molecule has 0 N–H and O–H groups in total. The fourth-order valence-electron chi connectivity index (χ4n) is 1.74. The molecular formula is C20H42O4. The lowest BCUT2D eigenvalue weighted by atomic mass is 9.90. The van der Waals surface area contributed by atoms with Crippen LogP contribution in [0.2, 0.25) is 0 Å². The van der Waals surface area contributed by atoms with Crippen LogP contribution < -0.4 is 0 Å². The van der Waals surface area contributed by atoms with Crippen molar-refractivity contribution in [2.75, 3.05) is 14.2 Å². The molecule has 0 unspecified atom stereocenters. The first-order valence-corrected chi connectivity index (χ1v) is 5.68. The van der Waals surface area contributed by atoms with Gasteiger partial charge in [0.05, 0.1) is 14.2 Å². The maximum atomic E-state index is 12.2. The molecule has 0 amide bonds. The van der Waals surface area contributed by atoms with E-state index in [1.54, 1.807) is 6.92 Å². The van der Waals surface area contributed by atoms with Crippen LogP contribution in [0.4, 0.5) is 0 Å². The number of Topliss-reactive ketones (excluding diaryl/α,β-unsaturated/α-hetero) is 2. The van der Waals surface area contributed by atoms with Crippen molar-refractivity contribution in [2.24, 2.45) is 0 Å². The molecule has 4 nitrogen and oxygen atoms in total. The Labute approximate surface area is 151 Å². The van der Waals surface area contributed by atoms with Gasteiger partial charge in [0.25, 0.3) is 0 Å². The van der Waals surface area contributed by atoms with Crippen LogP contribution >= 0.6 is 0 Å². The van der Waals surface area contributed by atoms with Gasteiger partial charge in [0.2, 0.25) is 23.1 Å². The largest absolute Gasteiger partial charge is 0.489 e. The molecule has 0 aliphatic heterocycles. The van der Waals surface area contributed by atoms with Gasteiger partial charge in [0.1, 0.15) is 0 Å². The summed E-state index contributed by atoms with van der Waals surface area (Å²) in [5.74, 6) is -0.582. The zero-order valence-corrected chi connectivity index (χ0v) is 11.4. The van der Waals surface area contributed by atoms with Gasteiger partial charge in [0, 0.05) is 11.1 Å². The van der Waals surface area contributed by atoms with Crippen molar-refractivity contribution in [3.63, 3.8) is 0 Å². The number of hydrogen-bond donors (Lipinski definition) is 0. The number of ether oxygens (including phenoxy) is 2. The van der Waals surface area contributed by atoms with Crippen molar-refractivity contribution in [3.05, 3.63) is 34.3 Å². The van der Waals surface area contributed by atoms with Crippen LogP contribution in [0.3, 0.4) is 0 Å². The van der Waals surface area contributed by atoms with Crippen LogP contribution in [0.1, 0.15) is 71.8 Å². The van der Waals surface area contributed by atoms with Gasteiger partial charge in [-0.05, 0) is 27.2 Å². The fourth-order valence-corrected chi connectivity index (χ4v) is 1.74. The molecule has 0 atom stereocenters.